The molecule has 0 spiro atoms. The minimum atomic E-state index is -4.47. The first kappa shape index (κ1) is 15.1. The van der Waals surface area contributed by atoms with E-state index in [-0.39, 0.29) is 31.3 Å². The third-order valence-electron chi connectivity index (χ3n) is 3.19. The molecule has 0 radical (unpaired) electrons. The van der Waals surface area contributed by atoms with Gasteiger partial charge in [0.1, 0.15) is 5.69 Å². The molecule has 1 aliphatic rings. The highest BCUT2D eigenvalue weighted by atomic mass is 19.4. The van der Waals surface area contributed by atoms with Crippen LogP contribution in [0.25, 0.3) is 10.4 Å². The Morgan fingerprint density at radius 2 is 2.24 bits per heavy atom. The molecule has 0 bridgehead atoms. The number of carbonyl (C=O) groups is 1. The van der Waals surface area contributed by atoms with E-state index in [1.165, 1.54) is 11.0 Å². The maximum Gasteiger partial charge on any atom is 0.433 e. The summed E-state index contributed by atoms with van der Waals surface area (Å²) < 4.78 is 37.2. The van der Waals surface area contributed by atoms with Crippen LogP contribution in [0.15, 0.2) is 23.4 Å². The second-order valence-corrected chi connectivity index (χ2v) is 4.81. The number of pyridine rings is 1. The Kier molecular flexibility index (Phi) is 4.32. The Morgan fingerprint density at radius 1 is 1.48 bits per heavy atom. The molecule has 1 unspecified atom stereocenters. The van der Waals surface area contributed by atoms with Gasteiger partial charge in [-0.25, -0.2) is 0 Å². The zero-order valence-corrected chi connectivity index (χ0v) is 10.9. The van der Waals surface area contributed by atoms with Gasteiger partial charge in [-0.3, -0.25) is 9.78 Å². The van der Waals surface area contributed by atoms with Crippen LogP contribution >= 0.6 is 0 Å². The number of carbonyl (C=O) groups excluding carboxylic acids is 1. The van der Waals surface area contributed by atoms with Crippen LogP contribution in [0.1, 0.15) is 17.7 Å². The predicted molar refractivity (Wildman–Crippen MR) is 66.8 cm³/mol. The zero-order chi connectivity index (χ0) is 15.5. The highest BCUT2D eigenvalue weighted by Crippen LogP contribution is 2.27. The van der Waals surface area contributed by atoms with Gasteiger partial charge in [0.25, 0.3) is 0 Å². The number of aromatic nitrogens is 1. The van der Waals surface area contributed by atoms with Crippen molar-refractivity contribution in [2.75, 3.05) is 13.1 Å². The van der Waals surface area contributed by atoms with Crippen molar-refractivity contribution in [3.05, 3.63) is 40.0 Å². The molecule has 6 nitrogen and oxygen atoms in total. The van der Waals surface area contributed by atoms with E-state index < -0.39 is 11.9 Å². The van der Waals surface area contributed by atoms with Gasteiger partial charge in [-0.15, -0.1) is 0 Å². The van der Waals surface area contributed by atoms with E-state index in [0.717, 1.165) is 12.3 Å². The average Bonchev–Trinajstić information content (AvgIpc) is 2.76. The van der Waals surface area contributed by atoms with Crippen molar-refractivity contribution in [3.63, 3.8) is 0 Å². The predicted octanol–water partition coefficient (Wildman–Crippen LogP) is 2.76. The number of likely N-dealkylation sites (tertiary alicyclic amines) is 1. The molecule has 0 aromatic carbocycles. The van der Waals surface area contributed by atoms with Gasteiger partial charge in [-0.2, -0.15) is 13.2 Å². The lowest BCUT2D eigenvalue weighted by Crippen LogP contribution is -2.25. The van der Waals surface area contributed by atoms with Gasteiger partial charge in [0.15, 0.2) is 0 Å². The van der Waals surface area contributed by atoms with Gasteiger partial charge in [0.05, 0.1) is 0 Å². The summed E-state index contributed by atoms with van der Waals surface area (Å²) in [4.78, 5) is 19.3. The van der Waals surface area contributed by atoms with E-state index >= 15 is 0 Å². The fraction of sp³-hybridized carbons (Fsp3) is 0.500. The van der Waals surface area contributed by atoms with Crippen LogP contribution in [0, 0.1) is 5.92 Å². The minimum Gasteiger partial charge on any atom is -0.338 e. The molecule has 21 heavy (non-hydrogen) atoms. The van der Waals surface area contributed by atoms with Crippen LogP contribution in [0.4, 0.5) is 13.2 Å². The first-order valence-electron chi connectivity index (χ1n) is 6.21. The summed E-state index contributed by atoms with van der Waals surface area (Å²) >= 11 is 0. The number of alkyl halides is 3. The van der Waals surface area contributed by atoms with Crippen molar-refractivity contribution in [2.45, 2.75) is 19.1 Å². The van der Waals surface area contributed by atoms with E-state index in [4.69, 9.17) is 5.53 Å². The van der Waals surface area contributed by atoms with Crippen molar-refractivity contribution < 1.29 is 18.0 Å². The number of azide groups is 1. The van der Waals surface area contributed by atoms with Crippen molar-refractivity contribution >= 4 is 5.91 Å². The van der Waals surface area contributed by atoms with Crippen LogP contribution in [0.3, 0.4) is 0 Å². The molecule has 1 aliphatic heterocycles. The summed E-state index contributed by atoms with van der Waals surface area (Å²) in [6.07, 6.45) is -3.06. The molecule has 1 saturated heterocycles. The van der Waals surface area contributed by atoms with Crippen molar-refractivity contribution in [2.24, 2.45) is 11.0 Å². The molecule has 0 N–H and O–H groups in total. The lowest BCUT2D eigenvalue weighted by molar-refractivity contribution is -0.141. The van der Waals surface area contributed by atoms with Gasteiger partial charge in [0, 0.05) is 37.2 Å². The summed E-state index contributed by atoms with van der Waals surface area (Å²) in [5, 5.41) is 3.43. The molecule has 2 rings (SSSR count). The first-order chi connectivity index (χ1) is 9.90. The smallest absolute Gasteiger partial charge is 0.338 e. The third kappa shape index (κ3) is 3.85. The fourth-order valence-electron chi connectivity index (χ4n) is 2.19. The second-order valence-electron chi connectivity index (χ2n) is 4.81. The molecule has 9 heteroatoms. The summed E-state index contributed by atoms with van der Waals surface area (Å²) in [6.45, 7) is 0.875. The van der Waals surface area contributed by atoms with Crippen molar-refractivity contribution in [3.8, 4) is 0 Å². The largest absolute Gasteiger partial charge is 0.433 e. The van der Waals surface area contributed by atoms with Gasteiger partial charge in [0.2, 0.25) is 5.91 Å². The Morgan fingerprint density at radius 3 is 2.81 bits per heavy atom. The quantitative estimate of drug-likeness (QED) is 0.486. The normalized spacial score (nSPS) is 18.7. The van der Waals surface area contributed by atoms with Gasteiger partial charge in [-0.05, 0) is 23.1 Å². The SMILES string of the molecule is [N-]=[N+]=NCC1CC(=O)N(Cc2ccc(C(F)(F)F)nc2)C1. The molecule has 1 atom stereocenters. The number of rotatable bonds is 4. The monoisotopic (exact) mass is 299 g/mol. The zero-order valence-electron chi connectivity index (χ0n) is 10.9. The van der Waals surface area contributed by atoms with E-state index in [0.29, 0.717) is 12.1 Å². The van der Waals surface area contributed by atoms with Gasteiger partial charge < -0.3 is 4.90 Å². The van der Waals surface area contributed by atoms with E-state index in [2.05, 4.69) is 15.0 Å². The van der Waals surface area contributed by atoms with Gasteiger partial charge in [-0.1, -0.05) is 11.2 Å². The molecular weight excluding hydrogens is 287 g/mol. The molecule has 0 aliphatic carbocycles. The summed E-state index contributed by atoms with van der Waals surface area (Å²) in [6, 6.07) is 2.21. The fourth-order valence-corrected chi connectivity index (χ4v) is 2.19. The minimum absolute atomic E-state index is 0.0455. The van der Waals surface area contributed by atoms with Crippen LogP contribution in [0.5, 0.6) is 0 Å². The number of nitrogens with zero attached hydrogens (tertiary/aromatic N) is 5. The molecule has 1 aromatic heterocycles. The summed E-state index contributed by atoms with van der Waals surface area (Å²) in [5.41, 5.74) is 7.82. The van der Waals surface area contributed by atoms with E-state index in [1.54, 1.807) is 0 Å². The highest BCUT2D eigenvalue weighted by Gasteiger charge is 2.32. The van der Waals surface area contributed by atoms with Crippen LogP contribution in [0.2, 0.25) is 0 Å². The molecular formula is C12H12F3N5O. The third-order valence-corrected chi connectivity index (χ3v) is 3.19. The second kappa shape index (κ2) is 6.01. The number of hydrogen-bond donors (Lipinski definition) is 0. The maximum atomic E-state index is 12.4. The number of amides is 1. The highest BCUT2D eigenvalue weighted by molar-refractivity contribution is 5.78. The Hall–Kier alpha value is -2.28. The lowest BCUT2D eigenvalue weighted by Gasteiger charge is -2.16. The number of hydrogen-bond acceptors (Lipinski definition) is 3. The number of halogens is 3. The Labute approximate surface area is 118 Å². The van der Waals surface area contributed by atoms with E-state index in [1.807, 2.05) is 0 Å². The molecule has 0 saturated carbocycles. The molecule has 112 valence electrons. The summed E-state index contributed by atoms with van der Waals surface area (Å²) in [5.74, 6) is -0.149. The standard InChI is InChI=1S/C12H12F3N5O/c13-12(14,15)10-2-1-8(4-17-10)6-20-7-9(3-11(20)21)5-18-19-16/h1-2,4,9H,3,5-7H2. The van der Waals surface area contributed by atoms with Crippen LogP contribution in [-0.4, -0.2) is 28.9 Å². The van der Waals surface area contributed by atoms with Crippen molar-refractivity contribution in [1.29, 1.82) is 0 Å². The molecule has 1 aromatic rings. The van der Waals surface area contributed by atoms with Crippen molar-refractivity contribution in [1.82, 2.24) is 9.88 Å². The molecule has 1 fully saturated rings. The van der Waals surface area contributed by atoms with Crippen LogP contribution < -0.4 is 0 Å². The molecule has 2 heterocycles. The topological polar surface area (TPSA) is 82.0 Å². The molecule has 1 amide bonds. The Balaban J connectivity index is 1.99. The van der Waals surface area contributed by atoms with E-state index in [9.17, 15) is 18.0 Å². The Bertz CT molecular complexity index is 565. The average molecular weight is 299 g/mol. The lowest BCUT2D eigenvalue weighted by atomic mass is 10.1. The van der Waals surface area contributed by atoms with Gasteiger partial charge >= 0.3 is 6.18 Å². The maximum absolute atomic E-state index is 12.4. The summed E-state index contributed by atoms with van der Waals surface area (Å²) in [7, 11) is 0. The van der Waals surface area contributed by atoms with Crippen LogP contribution in [-0.2, 0) is 17.5 Å². The first-order valence-corrected chi connectivity index (χ1v) is 6.21.